The van der Waals surface area contributed by atoms with E-state index in [4.69, 9.17) is 0 Å². The second-order valence-electron chi connectivity index (χ2n) is 6.08. The molecule has 1 atom stereocenters. The molecule has 3 aromatic rings. The summed E-state index contributed by atoms with van der Waals surface area (Å²) in [5, 5.41) is 12.8. The highest BCUT2D eigenvalue weighted by molar-refractivity contribution is 7.15. The van der Waals surface area contributed by atoms with Gasteiger partial charge in [0.05, 0.1) is 17.9 Å². The average molecular weight is 344 g/mol. The zero-order valence-electron chi connectivity index (χ0n) is 13.3. The van der Waals surface area contributed by atoms with Gasteiger partial charge >= 0.3 is 0 Å². The van der Waals surface area contributed by atoms with E-state index >= 15 is 0 Å². The van der Waals surface area contributed by atoms with Crippen molar-refractivity contribution in [1.82, 2.24) is 29.8 Å². The average Bonchev–Trinajstić information content (AvgIpc) is 3.29. The van der Waals surface area contributed by atoms with Crippen LogP contribution in [0.4, 0.5) is 0 Å². The number of rotatable bonds is 5. The molecule has 0 spiro atoms. The lowest BCUT2D eigenvalue weighted by molar-refractivity contribution is -0.122. The standard InChI is InChI=1S/C16H20N6OS/c23-15(18-9-13-10-21-6-7-24-16(21)19-13)11-22-5-3-14(20-22)12-2-1-4-17-8-12/h3,5-7,10,12,17H,1-2,4,8-9,11H2,(H,18,23)/t12-/m1/s1. The van der Waals surface area contributed by atoms with Crippen LogP contribution in [0, 0.1) is 0 Å². The minimum absolute atomic E-state index is 0.0530. The number of aromatic nitrogens is 4. The summed E-state index contributed by atoms with van der Waals surface area (Å²) in [6.07, 6.45) is 8.13. The lowest BCUT2D eigenvalue weighted by atomic mass is 9.97. The van der Waals surface area contributed by atoms with Crippen molar-refractivity contribution in [3.05, 3.63) is 41.4 Å². The molecular weight excluding hydrogens is 324 g/mol. The number of hydrogen-bond acceptors (Lipinski definition) is 5. The van der Waals surface area contributed by atoms with Crippen molar-refractivity contribution in [1.29, 1.82) is 0 Å². The Balaban J connectivity index is 1.31. The van der Waals surface area contributed by atoms with Gasteiger partial charge in [0, 0.05) is 36.4 Å². The predicted octanol–water partition coefficient (Wildman–Crippen LogP) is 1.38. The molecule has 24 heavy (non-hydrogen) atoms. The Morgan fingerprint density at radius 1 is 1.46 bits per heavy atom. The number of fused-ring (bicyclic) bond motifs is 1. The van der Waals surface area contributed by atoms with Gasteiger partial charge in [-0.3, -0.25) is 13.9 Å². The molecule has 1 aliphatic heterocycles. The molecule has 8 heteroatoms. The number of imidazole rings is 1. The van der Waals surface area contributed by atoms with Gasteiger partial charge in [-0.2, -0.15) is 5.10 Å². The number of carbonyl (C=O) groups is 1. The van der Waals surface area contributed by atoms with Crippen molar-refractivity contribution in [2.24, 2.45) is 0 Å². The number of hydrogen-bond donors (Lipinski definition) is 2. The van der Waals surface area contributed by atoms with Crippen molar-refractivity contribution in [2.75, 3.05) is 13.1 Å². The van der Waals surface area contributed by atoms with Gasteiger partial charge in [-0.1, -0.05) is 0 Å². The highest BCUT2D eigenvalue weighted by atomic mass is 32.1. The Morgan fingerprint density at radius 3 is 3.25 bits per heavy atom. The lowest BCUT2D eigenvalue weighted by Crippen LogP contribution is -2.29. The number of nitrogens with zero attached hydrogens (tertiary/aromatic N) is 4. The molecule has 4 heterocycles. The third kappa shape index (κ3) is 3.34. The summed E-state index contributed by atoms with van der Waals surface area (Å²) >= 11 is 1.58. The van der Waals surface area contributed by atoms with E-state index in [0.717, 1.165) is 35.9 Å². The fourth-order valence-corrected chi connectivity index (χ4v) is 3.76. The van der Waals surface area contributed by atoms with Crippen LogP contribution >= 0.6 is 11.3 Å². The Morgan fingerprint density at radius 2 is 2.42 bits per heavy atom. The third-order valence-corrected chi connectivity index (χ3v) is 5.06. The smallest absolute Gasteiger partial charge is 0.242 e. The van der Waals surface area contributed by atoms with Crippen molar-refractivity contribution < 1.29 is 4.79 Å². The van der Waals surface area contributed by atoms with Crippen LogP contribution in [0.3, 0.4) is 0 Å². The van der Waals surface area contributed by atoms with E-state index in [1.165, 1.54) is 6.42 Å². The van der Waals surface area contributed by atoms with Crippen LogP contribution in [0.25, 0.3) is 4.96 Å². The van der Waals surface area contributed by atoms with Gasteiger partial charge in [0.2, 0.25) is 5.91 Å². The Labute approximate surface area is 143 Å². The number of amides is 1. The molecular formula is C16H20N6OS. The van der Waals surface area contributed by atoms with Crippen LogP contribution in [-0.4, -0.2) is 38.2 Å². The first-order valence-corrected chi connectivity index (χ1v) is 9.08. The van der Waals surface area contributed by atoms with Crippen LogP contribution < -0.4 is 10.6 Å². The van der Waals surface area contributed by atoms with E-state index in [2.05, 4.69) is 20.7 Å². The van der Waals surface area contributed by atoms with Crippen LogP contribution in [-0.2, 0) is 17.9 Å². The van der Waals surface area contributed by atoms with E-state index in [0.29, 0.717) is 12.5 Å². The van der Waals surface area contributed by atoms with Crippen molar-refractivity contribution in [3.8, 4) is 0 Å². The summed E-state index contributed by atoms with van der Waals surface area (Å²) < 4.78 is 3.68. The summed E-state index contributed by atoms with van der Waals surface area (Å²) in [6, 6.07) is 2.02. The van der Waals surface area contributed by atoms with Gasteiger partial charge in [-0.15, -0.1) is 11.3 Å². The zero-order valence-corrected chi connectivity index (χ0v) is 14.1. The molecule has 2 N–H and O–H groups in total. The molecule has 0 unspecified atom stereocenters. The third-order valence-electron chi connectivity index (χ3n) is 4.29. The summed E-state index contributed by atoms with van der Waals surface area (Å²) in [7, 11) is 0. The minimum atomic E-state index is -0.0530. The highest BCUT2D eigenvalue weighted by Gasteiger charge is 2.17. The summed E-state index contributed by atoms with van der Waals surface area (Å²) in [5.74, 6) is 0.407. The molecule has 126 valence electrons. The number of nitrogens with one attached hydrogen (secondary N) is 2. The Hall–Kier alpha value is -2.19. The minimum Gasteiger partial charge on any atom is -0.349 e. The van der Waals surface area contributed by atoms with Gasteiger partial charge in [-0.05, 0) is 25.5 Å². The molecule has 0 aliphatic carbocycles. The van der Waals surface area contributed by atoms with Gasteiger partial charge in [0.15, 0.2) is 4.96 Å². The molecule has 4 rings (SSSR count). The summed E-state index contributed by atoms with van der Waals surface area (Å²) in [4.78, 5) is 17.5. The quantitative estimate of drug-likeness (QED) is 0.733. The van der Waals surface area contributed by atoms with E-state index in [1.54, 1.807) is 16.0 Å². The summed E-state index contributed by atoms with van der Waals surface area (Å²) in [5.41, 5.74) is 1.94. The maximum Gasteiger partial charge on any atom is 0.242 e. The maximum atomic E-state index is 12.1. The normalized spacial score (nSPS) is 18.1. The second kappa shape index (κ2) is 6.74. The molecule has 0 saturated carbocycles. The van der Waals surface area contributed by atoms with E-state index < -0.39 is 0 Å². The Bertz CT molecular complexity index is 800. The lowest BCUT2D eigenvalue weighted by Gasteiger charge is -2.20. The largest absolute Gasteiger partial charge is 0.349 e. The van der Waals surface area contributed by atoms with Gasteiger partial charge in [0.1, 0.15) is 6.54 Å². The highest BCUT2D eigenvalue weighted by Crippen LogP contribution is 2.21. The van der Waals surface area contributed by atoms with Crippen LogP contribution in [0.2, 0.25) is 0 Å². The van der Waals surface area contributed by atoms with Crippen molar-refractivity contribution in [3.63, 3.8) is 0 Å². The van der Waals surface area contributed by atoms with Gasteiger partial charge < -0.3 is 10.6 Å². The SMILES string of the molecule is O=C(Cn1ccc([C@@H]2CCCNC2)n1)NCc1cn2ccsc2n1. The second-order valence-corrected chi connectivity index (χ2v) is 6.96. The monoisotopic (exact) mass is 344 g/mol. The first-order valence-electron chi connectivity index (χ1n) is 8.20. The molecule has 0 radical (unpaired) electrons. The fraction of sp³-hybridized carbons (Fsp3) is 0.438. The van der Waals surface area contributed by atoms with Crippen molar-refractivity contribution >= 4 is 22.2 Å². The Kier molecular flexibility index (Phi) is 4.31. The van der Waals surface area contributed by atoms with Gasteiger partial charge in [0.25, 0.3) is 0 Å². The zero-order chi connectivity index (χ0) is 16.4. The molecule has 1 saturated heterocycles. The first-order chi connectivity index (χ1) is 11.8. The molecule has 7 nitrogen and oxygen atoms in total. The van der Waals surface area contributed by atoms with Crippen LogP contribution in [0.15, 0.2) is 30.0 Å². The summed E-state index contributed by atoms with van der Waals surface area (Å²) in [6.45, 7) is 2.74. The molecule has 0 aromatic carbocycles. The maximum absolute atomic E-state index is 12.1. The first kappa shape index (κ1) is 15.3. The van der Waals surface area contributed by atoms with E-state index in [9.17, 15) is 4.79 Å². The van der Waals surface area contributed by atoms with Crippen molar-refractivity contribution in [2.45, 2.75) is 31.8 Å². The number of carbonyl (C=O) groups excluding carboxylic acids is 1. The fourth-order valence-electron chi connectivity index (χ4n) is 3.04. The van der Waals surface area contributed by atoms with Crippen LogP contribution in [0.1, 0.15) is 30.1 Å². The topological polar surface area (TPSA) is 76.2 Å². The predicted molar refractivity (Wildman–Crippen MR) is 92.0 cm³/mol. The van der Waals surface area contributed by atoms with E-state index in [-0.39, 0.29) is 12.5 Å². The number of thiazole rings is 1. The molecule has 3 aromatic heterocycles. The van der Waals surface area contributed by atoms with E-state index in [1.807, 2.05) is 34.4 Å². The van der Waals surface area contributed by atoms with Crippen LogP contribution in [0.5, 0.6) is 0 Å². The van der Waals surface area contributed by atoms with Gasteiger partial charge in [-0.25, -0.2) is 4.98 Å². The molecule has 0 bridgehead atoms. The molecule has 1 fully saturated rings. The number of piperidine rings is 1. The molecule has 1 amide bonds. The molecule has 1 aliphatic rings.